The van der Waals surface area contributed by atoms with Crippen molar-refractivity contribution < 1.29 is 9.90 Å². The molecule has 1 heterocycles. The van der Waals surface area contributed by atoms with Crippen LogP contribution in [-0.4, -0.2) is 35.0 Å². The number of aromatic nitrogens is 2. The van der Waals surface area contributed by atoms with Crippen LogP contribution < -0.4 is 4.90 Å². The number of carboxylic acids is 1. The van der Waals surface area contributed by atoms with Crippen molar-refractivity contribution in [3.8, 4) is 0 Å². The van der Waals surface area contributed by atoms with Crippen LogP contribution in [0, 0.1) is 6.92 Å². The van der Waals surface area contributed by atoms with Gasteiger partial charge in [-0.05, 0) is 6.92 Å². The van der Waals surface area contributed by atoms with E-state index in [0.717, 1.165) is 5.69 Å². The zero-order chi connectivity index (χ0) is 10.2. The van der Waals surface area contributed by atoms with Crippen LogP contribution in [0.15, 0.2) is 0 Å². The quantitative estimate of drug-likeness (QED) is 0.725. The van der Waals surface area contributed by atoms with Gasteiger partial charge in [0, 0.05) is 21.1 Å². The lowest BCUT2D eigenvalue weighted by Crippen LogP contribution is -2.13. The molecule has 0 aliphatic rings. The summed E-state index contributed by atoms with van der Waals surface area (Å²) < 4.78 is 1.57. The van der Waals surface area contributed by atoms with Gasteiger partial charge in [0.25, 0.3) is 0 Å². The number of hydrogen-bond donors (Lipinski definition) is 1. The van der Waals surface area contributed by atoms with Gasteiger partial charge in [0.05, 0.1) is 11.4 Å². The molecule has 5 heteroatoms. The molecule has 0 aliphatic carbocycles. The zero-order valence-corrected chi connectivity index (χ0v) is 8.20. The Morgan fingerprint density at radius 2 is 2.08 bits per heavy atom. The van der Waals surface area contributed by atoms with Crippen LogP contribution in [0.25, 0.3) is 0 Å². The van der Waals surface area contributed by atoms with Crippen LogP contribution >= 0.6 is 0 Å². The largest absolute Gasteiger partial charge is 0.476 e. The van der Waals surface area contributed by atoms with Crippen molar-refractivity contribution in [2.45, 2.75) is 6.92 Å². The smallest absolute Gasteiger partial charge is 0.358 e. The van der Waals surface area contributed by atoms with Crippen molar-refractivity contribution in [2.24, 2.45) is 7.05 Å². The second-order valence-electron chi connectivity index (χ2n) is 3.11. The average molecular weight is 183 g/mol. The fourth-order valence-electron chi connectivity index (χ4n) is 1.28. The highest BCUT2D eigenvalue weighted by Gasteiger charge is 2.19. The monoisotopic (exact) mass is 183 g/mol. The normalized spacial score (nSPS) is 10.2. The number of aromatic carboxylic acids is 1. The number of carboxylic acid groups (broad SMARTS) is 1. The third-order valence-electron chi connectivity index (χ3n) is 1.95. The van der Waals surface area contributed by atoms with E-state index in [4.69, 9.17) is 5.11 Å². The van der Waals surface area contributed by atoms with Crippen molar-refractivity contribution in [2.75, 3.05) is 19.0 Å². The summed E-state index contributed by atoms with van der Waals surface area (Å²) in [5.41, 5.74) is 1.61. The van der Waals surface area contributed by atoms with Crippen molar-refractivity contribution in [3.05, 3.63) is 11.4 Å². The number of aryl methyl sites for hydroxylation is 1. The van der Waals surface area contributed by atoms with Crippen molar-refractivity contribution in [1.29, 1.82) is 0 Å². The van der Waals surface area contributed by atoms with Gasteiger partial charge >= 0.3 is 5.97 Å². The van der Waals surface area contributed by atoms with Crippen molar-refractivity contribution in [1.82, 2.24) is 9.78 Å². The molecule has 13 heavy (non-hydrogen) atoms. The molecule has 0 aliphatic heterocycles. The van der Waals surface area contributed by atoms with E-state index in [9.17, 15) is 4.79 Å². The summed E-state index contributed by atoms with van der Waals surface area (Å²) in [6.07, 6.45) is 0. The summed E-state index contributed by atoms with van der Waals surface area (Å²) in [5.74, 6) is -0.993. The highest BCUT2D eigenvalue weighted by molar-refractivity contribution is 5.92. The van der Waals surface area contributed by atoms with Gasteiger partial charge in [0.2, 0.25) is 0 Å². The minimum atomic E-state index is -0.993. The Morgan fingerprint density at radius 3 is 2.38 bits per heavy atom. The van der Waals surface area contributed by atoms with Crippen LogP contribution in [0.1, 0.15) is 16.2 Å². The lowest BCUT2D eigenvalue weighted by molar-refractivity contribution is 0.0690. The third kappa shape index (κ3) is 1.49. The minimum absolute atomic E-state index is 0.102. The fraction of sp³-hybridized carbons (Fsp3) is 0.500. The molecule has 1 N–H and O–H groups in total. The van der Waals surface area contributed by atoms with Crippen LogP contribution in [0.4, 0.5) is 5.69 Å². The van der Waals surface area contributed by atoms with Gasteiger partial charge in [0.15, 0.2) is 5.69 Å². The Kier molecular flexibility index (Phi) is 2.27. The SMILES string of the molecule is Cc1c(N(C)C)c(C(=O)O)nn1C. The molecule has 1 aromatic heterocycles. The molecule has 0 bridgehead atoms. The first kappa shape index (κ1) is 9.57. The van der Waals surface area contributed by atoms with Crippen LogP contribution in [0.5, 0.6) is 0 Å². The molecule has 5 nitrogen and oxygen atoms in total. The molecule has 72 valence electrons. The second kappa shape index (κ2) is 3.08. The molecule has 1 rings (SSSR count). The fourth-order valence-corrected chi connectivity index (χ4v) is 1.28. The van der Waals surface area contributed by atoms with E-state index >= 15 is 0 Å². The Morgan fingerprint density at radius 1 is 1.54 bits per heavy atom. The van der Waals surface area contributed by atoms with Gasteiger partial charge < -0.3 is 10.0 Å². The maximum absolute atomic E-state index is 10.8. The lowest BCUT2D eigenvalue weighted by Gasteiger charge is -2.11. The molecule has 0 aromatic carbocycles. The van der Waals surface area contributed by atoms with E-state index in [1.54, 1.807) is 30.7 Å². The second-order valence-corrected chi connectivity index (χ2v) is 3.11. The maximum atomic E-state index is 10.8. The topological polar surface area (TPSA) is 58.4 Å². The van der Waals surface area contributed by atoms with Crippen molar-refractivity contribution >= 4 is 11.7 Å². The Labute approximate surface area is 76.6 Å². The number of nitrogens with zero attached hydrogens (tertiary/aromatic N) is 3. The van der Waals surface area contributed by atoms with E-state index in [-0.39, 0.29) is 5.69 Å². The molecule has 0 fully saturated rings. The summed E-state index contributed by atoms with van der Waals surface area (Å²) in [6.45, 7) is 1.84. The van der Waals surface area contributed by atoms with Crippen LogP contribution in [0.3, 0.4) is 0 Å². The summed E-state index contributed by atoms with van der Waals surface area (Å²) in [4.78, 5) is 12.5. The summed E-state index contributed by atoms with van der Waals surface area (Å²) in [7, 11) is 5.34. The molecule has 0 unspecified atom stereocenters. The van der Waals surface area contributed by atoms with Gasteiger partial charge in [-0.25, -0.2) is 4.79 Å². The van der Waals surface area contributed by atoms with E-state index in [0.29, 0.717) is 5.69 Å². The molecule has 0 saturated heterocycles. The first-order chi connectivity index (χ1) is 5.95. The average Bonchev–Trinajstić information content (AvgIpc) is 2.28. The standard InChI is InChI=1S/C8H13N3O2/c1-5-7(10(2)3)6(8(12)13)9-11(5)4/h1-4H3,(H,12,13). The molecular weight excluding hydrogens is 170 g/mol. The van der Waals surface area contributed by atoms with Gasteiger partial charge in [-0.15, -0.1) is 0 Å². The first-order valence-corrected chi connectivity index (χ1v) is 3.89. The molecular formula is C8H13N3O2. The maximum Gasteiger partial charge on any atom is 0.358 e. The minimum Gasteiger partial charge on any atom is -0.476 e. The number of hydrogen-bond acceptors (Lipinski definition) is 3. The van der Waals surface area contributed by atoms with Gasteiger partial charge in [-0.3, -0.25) is 4.68 Å². The third-order valence-corrected chi connectivity index (χ3v) is 1.95. The van der Waals surface area contributed by atoms with E-state index in [2.05, 4.69) is 5.10 Å². The summed E-state index contributed by atoms with van der Waals surface area (Å²) in [5, 5.41) is 12.8. The van der Waals surface area contributed by atoms with Crippen LogP contribution in [-0.2, 0) is 7.05 Å². The van der Waals surface area contributed by atoms with Crippen molar-refractivity contribution in [3.63, 3.8) is 0 Å². The molecule has 0 atom stereocenters. The molecule has 0 radical (unpaired) electrons. The lowest BCUT2D eigenvalue weighted by atomic mass is 10.3. The zero-order valence-electron chi connectivity index (χ0n) is 8.20. The Hall–Kier alpha value is -1.52. The van der Waals surface area contributed by atoms with E-state index in [1.165, 1.54) is 0 Å². The molecule has 1 aromatic rings. The van der Waals surface area contributed by atoms with Crippen LogP contribution in [0.2, 0.25) is 0 Å². The number of rotatable bonds is 2. The number of carbonyl (C=O) groups is 1. The van der Waals surface area contributed by atoms with E-state index in [1.807, 2.05) is 6.92 Å². The van der Waals surface area contributed by atoms with Gasteiger partial charge in [-0.1, -0.05) is 0 Å². The predicted molar refractivity (Wildman–Crippen MR) is 49.2 cm³/mol. The predicted octanol–water partition coefficient (Wildman–Crippen LogP) is 0.493. The number of anilines is 1. The molecule has 0 amide bonds. The Bertz CT molecular complexity index is 341. The summed E-state index contributed by atoms with van der Waals surface area (Å²) >= 11 is 0. The summed E-state index contributed by atoms with van der Waals surface area (Å²) in [6, 6.07) is 0. The molecule has 0 saturated carbocycles. The van der Waals surface area contributed by atoms with Gasteiger partial charge in [0.1, 0.15) is 0 Å². The first-order valence-electron chi connectivity index (χ1n) is 3.89. The highest BCUT2D eigenvalue weighted by Crippen LogP contribution is 2.21. The van der Waals surface area contributed by atoms with E-state index < -0.39 is 5.97 Å². The molecule has 0 spiro atoms. The highest BCUT2D eigenvalue weighted by atomic mass is 16.4. The van der Waals surface area contributed by atoms with Gasteiger partial charge in [-0.2, -0.15) is 5.10 Å². The Balaban J connectivity index is 3.35.